The van der Waals surface area contributed by atoms with E-state index in [1.807, 2.05) is 0 Å². The maximum atomic E-state index is 14.0. The highest BCUT2D eigenvalue weighted by Crippen LogP contribution is 2.45. The molecule has 0 unspecified atom stereocenters. The number of alkyl halides is 2. The fourth-order valence-electron chi connectivity index (χ4n) is 2.27. The topological polar surface area (TPSA) is 61.8 Å². The summed E-state index contributed by atoms with van der Waals surface area (Å²) in [5.74, 6) is -1.58. The minimum Gasteiger partial charge on any atom is -0.459 e. The lowest BCUT2D eigenvalue weighted by molar-refractivity contribution is -0.0814. The van der Waals surface area contributed by atoms with Gasteiger partial charge in [0.2, 0.25) is 6.10 Å². The molecule has 0 aliphatic carbocycles. The van der Waals surface area contributed by atoms with Gasteiger partial charge in [-0.05, 0) is 24.3 Å². The Morgan fingerprint density at radius 3 is 2.08 bits per heavy atom. The molecule has 1 aliphatic rings. The van der Waals surface area contributed by atoms with E-state index in [-0.39, 0.29) is 23.2 Å². The summed E-state index contributed by atoms with van der Waals surface area (Å²) < 4.78 is 42.9. The molecule has 0 spiro atoms. The van der Waals surface area contributed by atoms with Crippen molar-refractivity contribution in [3.63, 3.8) is 0 Å². The third-order valence-corrected chi connectivity index (χ3v) is 4.38. The number of carbonyl (C=O) groups is 2. The Morgan fingerprint density at radius 2 is 1.50 bits per heavy atom. The van der Waals surface area contributed by atoms with Gasteiger partial charge in [0.15, 0.2) is 6.10 Å². The molecule has 26 heavy (non-hydrogen) atoms. The van der Waals surface area contributed by atoms with Gasteiger partial charge >= 0.3 is 17.2 Å². The van der Waals surface area contributed by atoms with Crippen molar-refractivity contribution in [3.8, 4) is 0 Å². The molecule has 0 N–H and O–H groups in total. The summed E-state index contributed by atoms with van der Waals surface area (Å²) in [5, 5.41) is -3.45. The third kappa shape index (κ3) is 4.20. The van der Waals surface area contributed by atoms with Gasteiger partial charge in [-0.2, -0.15) is 8.78 Å². The van der Waals surface area contributed by atoms with Crippen molar-refractivity contribution in [2.24, 2.45) is 0 Å². The van der Waals surface area contributed by atoms with Gasteiger partial charge in [-0.25, -0.2) is 9.59 Å². The molecule has 3 rings (SSSR count). The number of ether oxygens (including phenoxy) is 2. The van der Waals surface area contributed by atoms with Crippen molar-refractivity contribution in [2.75, 3.05) is 6.61 Å². The molecule has 0 amide bonds. The van der Waals surface area contributed by atoms with Gasteiger partial charge in [-0.3, -0.25) is 4.18 Å². The smallest absolute Gasteiger partial charge is 0.356 e. The van der Waals surface area contributed by atoms with Crippen LogP contribution in [0.3, 0.4) is 0 Å². The van der Waals surface area contributed by atoms with Gasteiger partial charge in [0.05, 0.1) is 23.2 Å². The van der Waals surface area contributed by atoms with Crippen LogP contribution in [0, 0.1) is 0 Å². The van der Waals surface area contributed by atoms with Crippen molar-refractivity contribution < 1.29 is 32.0 Å². The average molecular weight is 380 g/mol. The number of halogens is 2. The number of rotatable bonds is 5. The summed E-state index contributed by atoms with van der Waals surface area (Å²) in [7, 11) is 0. The molecule has 1 aliphatic heterocycles. The first-order valence-electron chi connectivity index (χ1n) is 7.68. The van der Waals surface area contributed by atoms with Crippen LogP contribution >= 0.6 is 12.0 Å². The van der Waals surface area contributed by atoms with E-state index >= 15 is 0 Å². The fraction of sp³-hybridized carbons (Fsp3) is 0.222. The molecular formula is C18H14F2O5S. The normalized spacial score (nSPS) is 21.2. The molecule has 2 atom stereocenters. The quantitative estimate of drug-likeness (QED) is 0.582. The van der Waals surface area contributed by atoms with Crippen molar-refractivity contribution in [3.05, 3.63) is 71.8 Å². The minimum absolute atomic E-state index is 0.101. The first-order valence-corrected chi connectivity index (χ1v) is 8.42. The van der Waals surface area contributed by atoms with Crippen LogP contribution in [0.4, 0.5) is 8.78 Å². The maximum Gasteiger partial charge on any atom is 0.356 e. The SMILES string of the molecule is O=C(OC[C@H]1OSC(F)(F)[C@@H]1OC(=O)c1ccccc1)c1ccccc1. The Morgan fingerprint density at radius 1 is 0.962 bits per heavy atom. The van der Waals surface area contributed by atoms with E-state index in [0.29, 0.717) is 0 Å². The van der Waals surface area contributed by atoms with E-state index < -0.39 is 36.0 Å². The molecule has 136 valence electrons. The molecule has 5 nitrogen and oxygen atoms in total. The predicted molar refractivity (Wildman–Crippen MR) is 89.8 cm³/mol. The highest BCUT2D eigenvalue weighted by atomic mass is 32.2. The lowest BCUT2D eigenvalue weighted by Crippen LogP contribution is -2.41. The first-order chi connectivity index (χ1) is 12.5. The second kappa shape index (κ2) is 7.84. The van der Waals surface area contributed by atoms with Gasteiger partial charge in [-0.15, -0.1) is 0 Å². The molecule has 1 heterocycles. The first kappa shape index (κ1) is 18.3. The summed E-state index contributed by atoms with van der Waals surface area (Å²) in [6, 6.07) is 15.9. The second-order valence-electron chi connectivity index (χ2n) is 5.44. The number of carbonyl (C=O) groups excluding carboxylic acids is 2. The monoisotopic (exact) mass is 380 g/mol. The molecule has 0 aromatic heterocycles. The van der Waals surface area contributed by atoms with Crippen molar-refractivity contribution in [1.82, 2.24) is 0 Å². The summed E-state index contributed by atoms with van der Waals surface area (Å²) in [4.78, 5) is 24.0. The van der Waals surface area contributed by atoms with E-state index in [2.05, 4.69) is 0 Å². The predicted octanol–water partition coefficient (Wildman–Crippen LogP) is 3.71. The molecule has 0 radical (unpaired) electrons. The van der Waals surface area contributed by atoms with Crippen LogP contribution in [0.1, 0.15) is 20.7 Å². The number of esters is 2. The minimum atomic E-state index is -3.45. The number of hydrogen-bond acceptors (Lipinski definition) is 6. The van der Waals surface area contributed by atoms with Crippen molar-refractivity contribution in [1.29, 1.82) is 0 Å². The molecule has 1 fully saturated rings. The maximum absolute atomic E-state index is 14.0. The Balaban J connectivity index is 1.64. The van der Waals surface area contributed by atoms with E-state index in [1.165, 1.54) is 24.3 Å². The van der Waals surface area contributed by atoms with E-state index in [0.717, 1.165) is 0 Å². The van der Waals surface area contributed by atoms with E-state index in [4.69, 9.17) is 13.7 Å². The molecular weight excluding hydrogens is 366 g/mol. The zero-order valence-corrected chi connectivity index (χ0v) is 14.2. The summed E-state index contributed by atoms with van der Waals surface area (Å²) >= 11 is -0.101. The van der Waals surface area contributed by atoms with Crippen LogP contribution in [0.15, 0.2) is 60.7 Å². The van der Waals surface area contributed by atoms with Gasteiger partial charge < -0.3 is 9.47 Å². The van der Waals surface area contributed by atoms with Gasteiger partial charge in [0.25, 0.3) is 0 Å². The van der Waals surface area contributed by atoms with Gasteiger partial charge in [0.1, 0.15) is 6.61 Å². The zero-order valence-electron chi connectivity index (χ0n) is 13.3. The Hall–Kier alpha value is -2.45. The average Bonchev–Trinajstić information content (AvgIpc) is 2.95. The third-order valence-electron chi connectivity index (χ3n) is 3.58. The Kier molecular flexibility index (Phi) is 5.53. The molecule has 2 aromatic rings. The number of hydrogen-bond donors (Lipinski definition) is 0. The summed E-state index contributed by atoms with van der Waals surface area (Å²) in [6.07, 6.45) is -3.15. The van der Waals surface area contributed by atoms with Crippen LogP contribution in [-0.2, 0) is 13.7 Å². The summed E-state index contributed by atoms with van der Waals surface area (Å²) in [5.41, 5.74) is 0.419. The summed E-state index contributed by atoms with van der Waals surface area (Å²) in [6.45, 7) is -0.469. The van der Waals surface area contributed by atoms with E-state index in [1.54, 1.807) is 36.4 Å². The van der Waals surface area contributed by atoms with Crippen LogP contribution in [0.2, 0.25) is 0 Å². The Labute approximate surface area is 152 Å². The molecule has 0 saturated carbocycles. The Bertz CT molecular complexity index is 770. The van der Waals surface area contributed by atoms with Crippen LogP contribution in [-0.4, -0.2) is 36.0 Å². The molecule has 2 aromatic carbocycles. The molecule has 8 heteroatoms. The zero-order chi connectivity index (χ0) is 18.6. The fourth-order valence-corrected chi connectivity index (χ4v) is 2.98. The van der Waals surface area contributed by atoms with Gasteiger partial charge in [-0.1, -0.05) is 36.4 Å². The van der Waals surface area contributed by atoms with Crippen LogP contribution in [0.5, 0.6) is 0 Å². The lowest BCUT2D eigenvalue weighted by Gasteiger charge is -2.21. The largest absolute Gasteiger partial charge is 0.459 e. The second-order valence-corrected chi connectivity index (χ2v) is 6.34. The van der Waals surface area contributed by atoms with E-state index in [9.17, 15) is 18.4 Å². The van der Waals surface area contributed by atoms with Crippen LogP contribution < -0.4 is 0 Å². The van der Waals surface area contributed by atoms with Gasteiger partial charge in [0, 0.05) is 0 Å². The van der Waals surface area contributed by atoms with Crippen molar-refractivity contribution >= 4 is 24.0 Å². The number of benzene rings is 2. The highest BCUT2D eigenvalue weighted by Gasteiger charge is 2.56. The van der Waals surface area contributed by atoms with Crippen molar-refractivity contribution in [2.45, 2.75) is 17.5 Å². The molecule has 1 saturated heterocycles. The lowest BCUT2D eigenvalue weighted by atomic mass is 10.2. The highest BCUT2D eigenvalue weighted by molar-refractivity contribution is 7.96. The van der Waals surface area contributed by atoms with Crippen LogP contribution in [0.25, 0.3) is 0 Å². The molecule has 0 bridgehead atoms. The standard InChI is InChI=1S/C18H14F2O5S/c19-18(20)15(24-17(22)13-9-5-2-6-10-13)14(25-26-18)11-23-16(21)12-7-3-1-4-8-12/h1-10,14-15H,11H2/t14-,15-/m1/s1.